The Bertz CT molecular complexity index is 1090. The van der Waals surface area contributed by atoms with Crippen molar-refractivity contribution in [3.63, 3.8) is 0 Å². The van der Waals surface area contributed by atoms with Gasteiger partial charge in [0.15, 0.2) is 0 Å². The zero-order chi connectivity index (χ0) is 18.9. The smallest absolute Gasteiger partial charge is 0.215 e. The number of aryl methyl sites for hydroxylation is 1. The number of quaternary nitrogens is 1. The summed E-state index contributed by atoms with van der Waals surface area (Å²) in [7, 11) is 0. The van der Waals surface area contributed by atoms with Crippen LogP contribution in [-0.2, 0) is 17.7 Å². The summed E-state index contributed by atoms with van der Waals surface area (Å²) >= 11 is 0. The highest BCUT2D eigenvalue weighted by Gasteiger charge is 2.18. The average molecular weight is 375 g/mol. The molecule has 0 amide bonds. The maximum absolute atomic E-state index is 5.52. The van der Waals surface area contributed by atoms with Crippen molar-refractivity contribution >= 4 is 16.8 Å². The van der Waals surface area contributed by atoms with Gasteiger partial charge in [0.1, 0.15) is 13.1 Å². The molecule has 3 heterocycles. The average Bonchev–Trinajstić information content (AvgIpc) is 3.29. The highest BCUT2D eigenvalue weighted by atomic mass is 16.5. The number of nitrogens with zero attached hydrogens (tertiary/aromatic N) is 3. The van der Waals surface area contributed by atoms with Crippen LogP contribution in [0.15, 0.2) is 54.7 Å². The number of rotatable bonds is 5. The lowest BCUT2D eigenvalue weighted by Crippen LogP contribution is -3.14. The first-order valence-electron chi connectivity index (χ1n) is 10.3. The Labute approximate surface area is 165 Å². The predicted octanol–water partition coefficient (Wildman–Crippen LogP) is 2.43. The van der Waals surface area contributed by atoms with Crippen molar-refractivity contribution in [1.29, 1.82) is 0 Å². The van der Waals surface area contributed by atoms with E-state index in [2.05, 4.69) is 70.6 Å². The number of imidazole rings is 2. The fraction of sp³-hybridized carbons (Fsp3) is 0.348. The van der Waals surface area contributed by atoms with Crippen molar-refractivity contribution in [2.75, 3.05) is 32.8 Å². The number of morpholine rings is 1. The Kier molecular flexibility index (Phi) is 4.63. The zero-order valence-corrected chi connectivity index (χ0v) is 16.4. The molecule has 2 aromatic carbocycles. The number of fused-ring (bicyclic) bond motifs is 3. The van der Waals surface area contributed by atoms with Gasteiger partial charge in [-0.1, -0.05) is 43.3 Å². The number of ether oxygens (including phenoxy) is 1. The molecule has 0 saturated carbocycles. The Balaban J connectivity index is 1.58. The van der Waals surface area contributed by atoms with Crippen LogP contribution < -0.4 is 4.90 Å². The van der Waals surface area contributed by atoms with E-state index in [-0.39, 0.29) is 0 Å². The van der Waals surface area contributed by atoms with Gasteiger partial charge >= 0.3 is 0 Å². The summed E-state index contributed by atoms with van der Waals surface area (Å²) in [6, 6.07) is 17.3. The van der Waals surface area contributed by atoms with Crippen LogP contribution in [0.25, 0.3) is 28.1 Å². The standard InChI is InChI=1S/C23H26N4O/c1-2-18-7-9-19(10-8-18)22-17-27-21-6-4-3-5-20(21)24-23(27)26(22)12-11-25-13-15-28-16-14-25/h3-10,17H,2,11-16H2,1H3/p+1. The second-order valence-electron chi connectivity index (χ2n) is 7.60. The van der Waals surface area contributed by atoms with Crippen molar-refractivity contribution in [3.05, 3.63) is 60.3 Å². The van der Waals surface area contributed by atoms with Crippen molar-refractivity contribution in [1.82, 2.24) is 14.0 Å². The van der Waals surface area contributed by atoms with E-state index in [1.807, 2.05) is 0 Å². The Morgan fingerprint density at radius 3 is 2.61 bits per heavy atom. The van der Waals surface area contributed by atoms with Crippen LogP contribution in [0.2, 0.25) is 0 Å². The number of aromatic nitrogens is 3. The molecule has 1 N–H and O–H groups in total. The van der Waals surface area contributed by atoms with Crippen molar-refractivity contribution in [2.24, 2.45) is 0 Å². The Morgan fingerprint density at radius 1 is 1.04 bits per heavy atom. The summed E-state index contributed by atoms with van der Waals surface area (Å²) in [6.07, 6.45) is 3.32. The molecule has 0 spiro atoms. The third-order valence-electron chi connectivity index (χ3n) is 5.91. The largest absolute Gasteiger partial charge is 0.370 e. The maximum Gasteiger partial charge on any atom is 0.215 e. The molecular formula is C23H27N4O+. The van der Waals surface area contributed by atoms with E-state index in [1.54, 1.807) is 4.90 Å². The second-order valence-corrected chi connectivity index (χ2v) is 7.60. The molecular weight excluding hydrogens is 348 g/mol. The minimum Gasteiger partial charge on any atom is -0.370 e. The van der Waals surface area contributed by atoms with Gasteiger partial charge in [0.2, 0.25) is 5.78 Å². The van der Waals surface area contributed by atoms with Crippen molar-refractivity contribution < 1.29 is 9.64 Å². The molecule has 2 aromatic heterocycles. The molecule has 28 heavy (non-hydrogen) atoms. The van der Waals surface area contributed by atoms with E-state index in [0.29, 0.717) is 0 Å². The first kappa shape index (κ1) is 17.5. The van der Waals surface area contributed by atoms with Crippen molar-refractivity contribution in [3.8, 4) is 11.3 Å². The van der Waals surface area contributed by atoms with Crippen LogP contribution in [0.1, 0.15) is 12.5 Å². The molecule has 1 fully saturated rings. The lowest BCUT2D eigenvalue weighted by atomic mass is 10.1. The summed E-state index contributed by atoms with van der Waals surface area (Å²) in [5.41, 5.74) is 6.08. The number of para-hydroxylation sites is 2. The highest BCUT2D eigenvalue weighted by molar-refractivity contribution is 5.81. The van der Waals surface area contributed by atoms with Crippen LogP contribution in [-0.4, -0.2) is 46.8 Å². The number of hydrogen-bond donors (Lipinski definition) is 1. The van der Waals surface area contributed by atoms with Gasteiger partial charge in [0, 0.05) is 6.20 Å². The molecule has 0 aliphatic carbocycles. The van der Waals surface area contributed by atoms with Crippen LogP contribution in [0.3, 0.4) is 0 Å². The lowest BCUT2D eigenvalue weighted by Gasteiger charge is -2.24. The third kappa shape index (κ3) is 3.11. The molecule has 0 unspecified atom stereocenters. The fourth-order valence-electron chi connectivity index (χ4n) is 4.19. The summed E-state index contributed by atoms with van der Waals surface area (Å²) in [5, 5.41) is 0. The van der Waals surface area contributed by atoms with Gasteiger partial charge in [0.05, 0.1) is 43.0 Å². The topological polar surface area (TPSA) is 35.9 Å². The minimum atomic E-state index is 0.870. The fourth-order valence-corrected chi connectivity index (χ4v) is 4.19. The quantitative estimate of drug-likeness (QED) is 0.582. The zero-order valence-electron chi connectivity index (χ0n) is 16.4. The van der Waals surface area contributed by atoms with Gasteiger partial charge in [0.25, 0.3) is 0 Å². The molecule has 5 rings (SSSR count). The molecule has 5 nitrogen and oxygen atoms in total. The van der Waals surface area contributed by atoms with E-state index in [1.165, 1.54) is 22.3 Å². The Hall–Kier alpha value is -2.63. The number of hydrogen-bond acceptors (Lipinski definition) is 2. The summed E-state index contributed by atoms with van der Waals surface area (Å²) in [6.45, 7) is 8.17. The SMILES string of the molecule is CCc1ccc(-c2cn3c4ccccc4nc3n2CC[NH+]2CCOCC2)cc1. The molecule has 1 saturated heterocycles. The number of benzene rings is 2. The van der Waals surface area contributed by atoms with Crippen LogP contribution in [0.5, 0.6) is 0 Å². The van der Waals surface area contributed by atoms with Crippen molar-refractivity contribution in [2.45, 2.75) is 19.9 Å². The molecule has 144 valence electrons. The Morgan fingerprint density at radius 2 is 1.82 bits per heavy atom. The van der Waals surface area contributed by atoms with E-state index in [4.69, 9.17) is 9.72 Å². The summed E-state index contributed by atoms with van der Waals surface area (Å²) < 4.78 is 10.2. The summed E-state index contributed by atoms with van der Waals surface area (Å²) in [5.74, 6) is 1.03. The molecule has 0 radical (unpaired) electrons. The number of nitrogens with one attached hydrogen (secondary N) is 1. The van der Waals surface area contributed by atoms with Gasteiger partial charge in [-0.15, -0.1) is 0 Å². The molecule has 0 atom stereocenters. The van der Waals surface area contributed by atoms with Crippen LogP contribution in [0.4, 0.5) is 0 Å². The first-order valence-corrected chi connectivity index (χ1v) is 10.3. The van der Waals surface area contributed by atoms with Crippen LogP contribution in [0, 0.1) is 0 Å². The monoisotopic (exact) mass is 375 g/mol. The third-order valence-corrected chi connectivity index (χ3v) is 5.91. The molecule has 5 heteroatoms. The van der Waals surface area contributed by atoms with E-state index >= 15 is 0 Å². The van der Waals surface area contributed by atoms with Crippen LogP contribution >= 0.6 is 0 Å². The van der Waals surface area contributed by atoms with E-state index in [9.17, 15) is 0 Å². The summed E-state index contributed by atoms with van der Waals surface area (Å²) in [4.78, 5) is 6.56. The second kappa shape index (κ2) is 7.41. The van der Waals surface area contributed by atoms with E-state index in [0.717, 1.165) is 57.1 Å². The lowest BCUT2D eigenvalue weighted by molar-refractivity contribution is -0.908. The van der Waals surface area contributed by atoms with Gasteiger partial charge in [-0.25, -0.2) is 4.98 Å². The van der Waals surface area contributed by atoms with Gasteiger partial charge in [-0.2, -0.15) is 0 Å². The minimum absolute atomic E-state index is 0.870. The predicted molar refractivity (Wildman–Crippen MR) is 112 cm³/mol. The molecule has 1 aliphatic heterocycles. The normalized spacial score (nSPS) is 15.6. The maximum atomic E-state index is 5.52. The van der Waals surface area contributed by atoms with Gasteiger partial charge < -0.3 is 14.2 Å². The first-order chi connectivity index (χ1) is 13.8. The van der Waals surface area contributed by atoms with E-state index < -0.39 is 0 Å². The van der Waals surface area contributed by atoms with Gasteiger partial charge in [-0.05, 0) is 29.7 Å². The molecule has 0 bridgehead atoms. The molecule has 1 aliphatic rings. The highest BCUT2D eigenvalue weighted by Crippen LogP contribution is 2.26. The molecule has 4 aromatic rings. The van der Waals surface area contributed by atoms with Gasteiger partial charge in [-0.3, -0.25) is 4.40 Å².